The zero-order valence-corrected chi connectivity index (χ0v) is 11.7. The molecule has 0 fully saturated rings. The fourth-order valence-electron chi connectivity index (χ4n) is 1.36. The minimum absolute atomic E-state index is 0.0961. The fourth-order valence-corrected chi connectivity index (χ4v) is 2.56. The zero-order valence-electron chi connectivity index (χ0n) is 10.1. The minimum atomic E-state index is -3.75. The van der Waals surface area contributed by atoms with Gasteiger partial charge in [-0.3, -0.25) is 4.79 Å². The number of carbonyl (C=O) groups is 1. The lowest BCUT2D eigenvalue weighted by molar-refractivity contribution is -0.119. The van der Waals surface area contributed by atoms with E-state index in [1.165, 1.54) is 12.1 Å². The Hall–Kier alpha value is -1.07. The maximum Gasteiger partial charge on any atom is 0.264 e. The predicted octanol–water partition coefficient (Wildman–Crippen LogP) is 2.21. The quantitative estimate of drug-likeness (QED) is 0.645. The van der Waals surface area contributed by atoms with Crippen molar-refractivity contribution in [2.24, 2.45) is 0 Å². The first-order valence-electron chi connectivity index (χ1n) is 5.64. The monoisotopic (exact) mass is 289 g/mol. The van der Waals surface area contributed by atoms with Gasteiger partial charge >= 0.3 is 0 Å². The number of rotatable bonds is 6. The normalized spacial score (nSPS) is 11.2. The molecule has 18 heavy (non-hydrogen) atoms. The number of amides is 1. The SMILES string of the molecule is Cc1ccc(S(=O)(=O)NC(=O)CCCCCl)cc1. The molecule has 6 heteroatoms. The third kappa shape index (κ3) is 4.66. The van der Waals surface area contributed by atoms with Crippen molar-refractivity contribution in [1.29, 1.82) is 0 Å². The highest BCUT2D eigenvalue weighted by molar-refractivity contribution is 7.90. The number of unbranched alkanes of at least 4 members (excludes halogenated alkanes) is 1. The largest absolute Gasteiger partial charge is 0.274 e. The Morgan fingerprint density at radius 2 is 1.83 bits per heavy atom. The fraction of sp³-hybridized carbons (Fsp3) is 0.417. The molecule has 0 unspecified atom stereocenters. The van der Waals surface area contributed by atoms with Crippen LogP contribution in [-0.2, 0) is 14.8 Å². The molecule has 0 atom stereocenters. The van der Waals surface area contributed by atoms with Crippen LogP contribution >= 0.6 is 11.6 Å². The van der Waals surface area contributed by atoms with Crippen LogP contribution in [0.2, 0.25) is 0 Å². The molecule has 0 bridgehead atoms. The molecule has 1 rings (SSSR count). The molecule has 0 heterocycles. The standard InChI is InChI=1S/C12H16ClNO3S/c1-10-5-7-11(8-6-10)18(16,17)14-12(15)4-2-3-9-13/h5-8H,2-4,9H2,1H3,(H,14,15). The number of alkyl halides is 1. The molecule has 1 N–H and O–H groups in total. The van der Waals surface area contributed by atoms with E-state index in [0.29, 0.717) is 18.7 Å². The second-order valence-electron chi connectivity index (χ2n) is 3.99. The second-order valence-corrected chi connectivity index (χ2v) is 6.05. The summed E-state index contributed by atoms with van der Waals surface area (Å²) in [5, 5.41) is 0. The van der Waals surface area contributed by atoms with Gasteiger partial charge in [0.05, 0.1) is 4.90 Å². The summed E-state index contributed by atoms with van der Waals surface area (Å²) in [5.74, 6) is -0.0291. The van der Waals surface area contributed by atoms with Gasteiger partial charge < -0.3 is 0 Å². The van der Waals surface area contributed by atoms with Crippen LogP contribution in [0.15, 0.2) is 29.2 Å². The summed E-state index contributed by atoms with van der Waals surface area (Å²) < 4.78 is 25.7. The molecule has 0 aliphatic carbocycles. The summed E-state index contributed by atoms with van der Waals surface area (Å²) >= 11 is 5.48. The smallest absolute Gasteiger partial charge is 0.264 e. The summed E-state index contributed by atoms with van der Waals surface area (Å²) in [6.45, 7) is 1.86. The first-order chi connectivity index (χ1) is 8.45. The minimum Gasteiger partial charge on any atom is -0.274 e. The van der Waals surface area contributed by atoms with Gasteiger partial charge in [0.15, 0.2) is 0 Å². The highest BCUT2D eigenvalue weighted by Gasteiger charge is 2.16. The van der Waals surface area contributed by atoms with Gasteiger partial charge in [0, 0.05) is 12.3 Å². The highest BCUT2D eigenvalue weighted by atomic mass is 35.5. The summed E-state index contributed by atoms with van der Waals surface area (Å²) in [4.78, 5) is 11.5. The van der Waals surface area contributed by atoms with Gasteiger partial charge in [0.2, 0.25) is 5.91 Å². The Labute approximate surface area is 112 Å². The van der Waals surface area contributed by atoms with Crippen LogP contribution in [0.1, 0.15) is 24.8 Å². The van der Waals surface area contributed by atoms with Gasteiger partial charge in [-0.25, -0.2) is 13.1 Å². The van der Waals surface area contributed by atoms with Gasteiger partial charge in [-0.05, 0) is 31.9 Å². The van der Waals surface area contributed by atoms with Crippen LogP contribution in [0, 0.1) is 6.92 Å². The molecule has 1 amide bonds. The number of sulfonamides is 1. The lowest BCUT2D eigenvalue weighted by Crippen LogP contribution is -2.30. The number of benzene rings is 1. The molecular weight excluding hydrogens is 274 g/mol. The number of halogens is 1. The molecule has 100 valence electrons. The molecule has 0 aromatic heterocycles. The van der Waals surface area contributed by atoms with E-state index in [0.717, 1.165) is 5.56 Å². The number of hydrogen-bond acceptors (Lipinski definition) is 3. The third-order valence-corrected chi connectivity index (χ3v) is 4.02. The van der Waals surface area contributed by atoms with E-state index in [9.17, 15) is 13.2 Å². The number of nitrogens with one attached hydrogen (secondary N) is 1. The van der Waals surface area contributed by atoms with Crippen molar-refractivity contribution in [3.63, 3.8) is 0 Å². The van der Waals surface area contributed by atoms with Crippen molar-refractivity contribution in [3.8, 4) is 0 Å². The summed E-state index contributed by atoms with van der Waals surface area (Å²) in [6, 6.07) is 6.33. The molecule has 0 saturated heterocycles. The zero-order chi connectivity index (χ0) is 13.6. The Morgan fingerprint density at radius 1 is 1.22 bits per heavy atom. The molecular formula is C12H16ClNO3S. The topological polar surface area (TPSA) is 63.2 Å². The number of carbonyl (C=O) groups excluding carboxylic acids is 1. The van der Waals surface area contributed by atoms with Gasteiger partial charge in [-0.15, -0.1) is 11.6 Å². The first-order valence-corrected chi connectivity index (χ1v) is 7.66. The lowest BCUT2D eigenvalue weighted by atomic mass is 10.2. The van der Waals surface area contributed by atoms with Crippen LogP contribution in [-0.4, -0.2) is 20.2 Å². The third-order valence-electron chi connectivity index (χ3n) is 2.37. The molecule has 0 saturated carbocycles. The van der Waals surface area contributed by atoms with Gasteiger partial charge in [-0.2, -0.15) is 0 Å². The summed E-state index contributed by atoms with van der Waals surface area (Å²) in [5.41, 5.74) is 0.961. The van der Waals surface area contributed by atoms with Crippen molar-refractivity contribution in [1.82, 2.24) is 4.72 Å². The Morgan fingerprint density at radius 3 is 2.39 bits per heavy atom. The van der Waals surface area contributed by atoms with Crippen molar-refractivity contribution < 1.29 is 13.2 Å². The summed E-state index contributed by atoms with van der Waals surface area (Å²) in [6.07, 6.45) is 1.44. The van der Waals surface area contributed by atoms with Crippen LogP contribution < -0.4 is 4.72 Å². The number of aryl methyl sites for hydroxylation is 1. The molecule has 0 spiro atoms. The van der Waals surface area contributed by atoms with Crippen molar-refractivity contribution in [3.05, 3.63) is 29.8 Å². The van der Waals surface area contributed by atoms with E-state index in [2.05, 4.69) is 0 Å². The van der Waals surface area contributed by atoms with Gasteiger partial charge in [-0.1, -0.05) is 17.7 Å². The van der Waals surface area contributed by atoms with E-state index in [1.807, 2.05) is 11.6 Å². The van der Waals surface area contributed by atoms with E-state index in [4.69, 9.17) is 11.6 Å². The van der Waals surface area contributed by atoms with Crippen molar-refractivity contribution in [2.45, 2.75) is 31.1 Å². The number of hydrogen-bond donors (Lipinski definition) is 1. The average molecular weight is 290 g/mol. The molecule has 0 aliphatic rings. The van der Waals surface area contributed by atoms with Crippen LogP contribution in [0.4, 0.5) is 0 Å². The molecule has 1 aromatic rings. The first kappa shape index (κ1) is 15.0. The molecule has 0 radical (unpaired) electrons. The second kappa shape index (κ2) is 6.75. The molecule has 1 aromatic carbocycles. The maximum absolute atomic E-state index is 11.8. The van der Waals surface area contributed by atoms with E-state index >= 15 is 0 Å². The van der Waals surface area contributed by atoms with E-state index in [-0.39, 0.29) is 11.3 Å². The Bertz CT molecular complexity index is 497. The van der Waals surface area contributed by atoms with Gasteiger partial charge in [0.25, 0.3) is 10.0 Å². The Balaban J connectivity index is 2.64. The van der Waals surface area contributed by atoms with E-state index < -0.39 is 15.9 Å². The van der Waals surface area contributed by atoms with Gasteiger partial charge in [0.1, 0.15) is 0 Å². The van der Waals surface area contributed by atoms with Crippen LogP contribution in [0.5, 0.6) is 0 Å². The van der Waals surface area contributed by atoms with Crippen molar-refractivity contribution >= 4 is 27.5 Å². The predicted molar refractivity (Wildman–Crippen MR) is 71.1 cm³/mol. The van der Waals surface area contributed by atoms with Crippen LogP contribution in [0.3, 0.4) is 0 Å². The van der Waals surface area contributed by atoms with Crippen LogP contribution in [0.25, 0.3) is 0 Å². The maximum atomic E-state index is 11.8. The summed E-state index contributed by atoms with van der Waals surface area (Å²) in [7, 11) is -3.75. The molecule has 0 aliphatic heterocycles. The lowest BCUT2D eigenvalue weighted by Gasteiger charge is -2.06. The molecule has 4 nitrogen and oxygen atoms in total. The average Bonchev–Trinajstić information content (AvgIpc) is 2.29. The highest BCUT2D eigenvalue weighted by Crippen LogP contribution is 2.10. The Kier molecular flexibility index (Phi) is 5.62. The van der Waals surface area contributed by atoms with Crippen molar-refractivity contribution in [2.75, 3.05) is 5.88 Å². The van der Waals surface area contributed by atoms with E-state index in [1.54, 1.807) is 12.1 Å².